The van der Waals surface area contributed by atoms with Gasteiger partial charge in [-0.1, -0.05) is 13.8 Å². The number of nitrogens with zero attached hydrogens (tertiary/aromatic N) is 2. The first-order valence-corrected chi connectivity index (χ1v) is 6.58. The molecule has 94 valence electrons. The number of hydrogen-bond donors (Lipinski definition) is 1. The molecule has 6 heteroatoms. The lowest BCUT2D eigenvalue weighted by Crippen LogP contribution is -2.43. The molecule has 1 saturated heterocycles. The van der Waals surface area contributed by atoms with E-state index in [9.17, 15) is 4.79 Å². The topological polar surface area (TPSA) is 54.5 Å². The number of hydrogen-bond acceptors (Lipinski definition) is 4. The van der Waals surface area contributed by atoms with Crippen molar-refractivity contribution in [3.63, 3.8) is 0 Å². The average Bonchev–Trinajstić information content (AvgIpc) is 2.79. The number of anilines is 1. The number of ether oxygens (including phenoxy) is 1. The molecule has 5 nitrogen and oxygen atoms in total. The molecule has 1 aromatic rings. The van der Waals surface area contributed by atoms with Crippen LogP contribution in [-0.2, 0) is 4.74 Å². The Bertz CT molecular complexity index is 386. The van der Waals surface area contributed by atoms with E-state index in [4.69, 9.17) is 4.74 Å². The van der Waals surface area contributed by atoms with Gasteiger partial charge in [-0.15, -0.1) is 11.3 Å². The van der Waals surface area contributed by atoms with Gasteiger partial charge in [0.2, 0.25) is 0 Å². The van der Waals surface area contributed by atoms with E-state index < -0.39 is 0 Å². The van der Waals surface area contributed by atoms with E-state index in [2.05, 4.69) is 24.1 Å². The third-order valence-corrected chi connectivity index (χ3v) is 3.82. The highest BCUT2D eigenvalue weighted by Crippen LogP contribution is 2.25. The molecule has 2 amide bonds. The molecule has 0 aromatic carbocycles. The Morgan fingerprint density at radius 2 is 2.24 bits per heavy atom. The van der Waals surface area contributed by atoms with Gasteiger partial charge in [-0.05, 0) is 5.92 Å². The third-order valence-electron chi connectivity index (χ3n) is 2.60. The van der Waals surface area contributed by atoms with Gasteiger partial charge in [-0.3, -0.25) is 5.32 Å². The first kappa shape index (κ1) is 12.3. The normalized spacial score (nSPS) is 16.3. The van der Waals surface area contributed by atoms with Gasteiger partial charge < -0.3 is 9.64 Å². The van der Waals surface area contributed by atoms with Gasteiger partial charge in [0, 0.05) is 24.2 Å². The van der Waals surface area contributed by atoms with Crippen LogP contribution in [0.2, 0.25) is 0 Å². The maximum absolute atomic E-state index is 11.9. The van der Waals surface area contributed by atoms with Crippen molar-refractivity contribution in [3.05, 3.63) is 11.1 Å². The molecule has 0 saturated carbocycles. The summed E-state index contributed by atoms with van der Waals surface area (Å²) >= 11 is 1.53. The monoisotopic (exact) mass is 255 g/mol. The minimum absolute atomic E-state index is 0.0852. The van der Waals surface area contributed by atoms with Crippen molar-refractivity contribution in [2.75, 3.05) is 31.6 Å². The smallest absolute Gasteiger partial charge is 0.323 e. The lowest BCUT2D eigenvalue weighted by Gasteiger charge is -2.26. The van der Waals surface area contributed by atoms with Gasteiger partial charge in [-0.2, -0.15) is 0 Å². The maximum atomic E-state index is 11.9. The lowest BCUT2D eigenvalue weighted by molar-refractivity contribution is 0.0564. The average molecular weight is 255 g/mol. The standard InChI is InChI=1S/C11H17N3O2S/c1-8(2)9-7-12-10(17-9)13-11(15)14-3-5-16-6-4-14/h7-8H,3-6H2,1-2H3,(H,12,13,15). The molecular formula is C11H17N3O2S. The zero-order valence-corrected chi connectivity index (χ0v) is 10.9. The summed E-state index contributed by atoms with van der Waals surface area (Å²) in [6.45, 7) is 6.75. The highest BCUT2D eigenvalue weighted by Gasteiger charge is 2.18. The highest BCUT2D eigenvalue weighted by molar-refractivity contribution is 7.15. The van der Waals surface area contributed by atoms with Crippen molar-refractivity contribution in [2.45, 2.75) is 19.8 Å². The molecule has 2 rings (SSSR count). The second-order valence-corrected chi connectivity index (χ2v) is 5.31. The van der Waals surface area contributed by atoms with Gasteiger partial charge in [0.15, 0.2) is 5.13 Å². The van der Waals surface area contributed by atoms with Crippen LogP contribution in [0, 0.1) is 0 Å². The second-order valence-electron chi connectivity index (χ2n) is 4.25. The van der Waals surface area contributed by atoms with Crippen LogP contribution in [0.1, 0.15) is 24.6 Å². The molecule has 1 aliphatic rings. The SMILES string of the molecule is CC(C)c1cnc(NC(=O)N2CCOCC2)s1. The van der Waals surface area contributed by atoms with Crippen LogP contribution in [0.15, 0.2) is 6.20 Å². The Balaban J connectivity index is 1.92. The molecule has 1 aromatic heterocycles. The zero-order chi connectivity index (χ0) is 12.3. The van der Waals surface area contributed by atoms with E-state index in [1.807, 2.05) is 6.20 Å². The van der Waals surface area contributed by atoms with Crippen molar-refractivity contribution in [2.24, 2.45) is 0 Å². The van der Waals surface area contributed by atoms with Gasteiger partial charge >= 0.3 is 6.03 Å². The van der Waals surface area contributed by atoms with E-state index in [1.54, 1.807) is 4.90 Å². The number of aromatic nitrogens is 1. The number of rotatable bonds is 2. The number of nitrogens with one attached hydrogen (secondary N) is 1. The molecule has 1 fully saturated rings. The van der Waals surface area contributed by atoms with Crippen LogP contribution in [-0.4, -0.2) is 42.2 Å². The highest BCUT2D eigenvalue weighted by atomic mass is 32.1. The first-order chi connectivity index (χ1) is 8.16. The number of urea groups is 1. The van der Waals surface area contributed by atoms with E-state index >= 15 is 0 Å². The molecular weight excluding hydrogens is 238 g/mol. The minimum atomic E-state index is -0.0852. The fourth-order valence-electron chi connectivity index (χ4n) is 1.55. The predicted molar refractivity (Wildman–Crippen MR) is 67.6 cm³/mol. The Morgan fingerprint density at radius 1 is 1.53 bits per heavy atom. The fourth-order valence-corrected chi connectivity index (χ4v) is 2.36. The van der Waals surface area contributed by atoms with Crippen molar-refractivity contribution in [1.82, 2.24) is 9.88 Å². The van der Waals surface area contributed by atoms with Crippen molar-refractivity contribution < 1.29 is 9.53 Å². The number of carbonyl (C=O) groups excluding carboxylic acids is 1. The van der Waals surface area contributed by atoms with Gasteiger partial charge in [0.1, 0.15) is 0 Å². The van der Waals surface area contributed by atoms with Crippen LogP contribution < -0.4 is 5.32 Å². The van der Waals surface area contributed by atoms with Gasteiger partial charge in [0.25, 0.3) is 0 Å². The Labute approximate surface area is 105 Å². The summed E-state index contributed by atoms with van der Waals surface area (Å²) < 4.78 is 5.20. The largest absolute Gasteiger partial charge is 0.378 e. The minimum Gasteiger partial charge on any atom is -0.378 e. The van der Waals surface area contributed by atoms with Gasteiger partial charge in [-0.25, -0.2) is 9.78 Å². The molecule has 1 aliphatic heterocycles. The van der Waals surface area contributed by atoms with E-state index in [1.165, 1.54) is 16.2 Å². The Morgan fingerprint density at radius 3 is 2.82 bits per heavy atom. The molecule has 2 heterocycles. The summed E-state index contributed by atoms with van der Waals surface area (Å²) in [6, 6.07) is -0.0852. The van der Waals surface area contributed by atoms with Crippen LogP contribution in [0.25, 0.3) is 0 Å². The van der Waals surface area contributed by atoms with Crippen LogP contribution in [0.3, 0.4) is 0 Å². The summed E-state index contributed by atoms with van der Waals surface area (Å²) in [5, 5.41) is 3.50. The summed E-state index contributed by atoms with van der Waals surface area (Å²) in [4.78, 5) is 19.0. The summed E-state index contributed by atoms with van der Waals surface area (Å²) in [5.74, 6) is 0.446. The second kappa shape index (κ2) is 5.46. The summed E-state index contributed by atoms with van der Waals surface area (Å²) in [6.07, 6.45) is 1.82. The zero-order valence-electron chi connectivity index (χ0n) is 10.1. The number of thiazole rings is 1. The van der Waals surface area contributed by atoms with Crippen molar-refractivity contribution in [3.8, 4) is 0 Å². The van der Waals surface area contributed by atoms with Gasteiger partial charge in [0.05, 0.1) is 13.2 Å². The molecule has 0 unspecified atom stereocenters. The third kappa shape index (κ3) is 3.17. The van der Waals surface area contributed by atoms with E-state index in [0.717, 1.165) is 0 Å². The Hall–Kier alpha value is -1.14. The molecule has 0 bridgehead atoms. The van der Waals surface area contributed by atoms with E-state index in [0.29, 0.717) is 37.4 Å². The molecule has 17 heavy (non-hydrogen) atoms. The predicted octanol–water partition coefficient (Wildman–Crippen LogP) is 2.13. The van der Waals surface area contributed by atoms with Crippen molar-refractivity contribution >= 4 is 22.5 Å². The number of carbonyl (C=O) groups is 1. The Kier molecular flexibility index (Phi) is 3.96. The molecule has 0 aliphatic carbocycles. The quantitative estimate of drug-likeness (QED) is 0.880. The molecule has 0 radical (unpaired) electrons. The summed E-state index contributed by atoms with van der Waals surface area (Å²) in [7, 11) is 0. The summed E-state index contributed by atoms with van der Waals surface area (Å²) in [5.41, 5.74) is 0. The van der Waals surface area contributed by atoms with Crippen LogP contribution in [0.4, 0.5) is 9.93 Å². The molecule has 0 spiro atoms. The number of amides is 2. The maximum Gasteiger partial charge on any atom is 0.323 e. The fraction of sp³-hybridized carbons (Fsp3) is 0.636. The van der Waals surface area contributed by atoms with Crippen LogP contribution in [0.5, 0.6) is 0 Å². The lowest BCUT2D eigenvalue weighted by atomic mass is 10.2. The molecule has 1 N–H and O–H groups in total. The van der Waals surface area contributed by atoms with E-state index in [-0.39, 0.29) is 6.03 Å². The number of morpholine rings is 1. The first-order valence-electron chi connectivity index (χ1n) is 5.76. The van der Waals surface area contributed by atoms with Crippen molar-refractivity contribution in [1.29, 1.82) is 0 Å². The molecule has 0 atom stereocenters. The van der Waals surface area contributed by atoms with Crippen LogP contribution >= 0.6 is 11.3 Å².